The molecule has 1 atom stereocenters. The molecule has 2 amide bonds. The van der Waals surface area contributed by atoms with E-state index in [1.165, 1.54) is 0 Å². The molecule has 7 heteroatoms. The molecule has 0 radical (unpaired) electrons. The van der Waals surface area contributed by atoms with Gasteiger partial charge in [0.05, 0.1) is 5.41 Å². The zero-order valence-corrected chi connectivity index (χ0v) is 20.3. The highest BCUT2D eigenvalue weighted by Gasteiger charge is 2.53. The summed E-state index contributed by atoms with van der Waals surface area (Å²) in [5.41, 5.74) is 2.76. The van der Waals surface area contributed by atoms with Crippen LogP contribution in [0.1, 0.15) is 43.7 Å². The molecule has 2 aliphatic rings. The van der Waals surface area contributed by atoms with E-state index in [0.29, 0.717) is 12.8 Å². The molecule has 0 aromatic heterocycles. The maximum absolute atomic E-state index is 13.2. The second-order valence-corrected chi connectivity index (χ2v) is 9.83. The molecule has 1 heterocycles. The third-order valence-corrected chi connectivity index (χ3v) is 7.53. The highest BCUT2D eigenvalue weighted by atomic mass is 16.5. The lowest BCUT2D eigenvalue weighted by Crippen LogP contribution is -2.65. The van der Waals surface area contributed by atoms with Gasteiger partial charge in [0.1, 0.15) is 12.0 Å². The minimum absolute atomic E-state index is 0.0394. The fourth-order valence-corrected chi connectivity index (χ4v) is 5.11. The van der Waals surface area contributed by atoms with Crippen molar-refractivity contribution in [2.24, 2.45) is 10.8 Å². The van der Waals surface area contributed by atoms with Crippen LogP contribution in [0.3, 0.4) is 0 Å². The number of alkyl carbamates (subject to hydrolysis) is 1. The van der Waals surface area contributed by atoms with E-state index in [4.69, 9.17) is 4.74 Å². The van der Waals surface area contributed by atoms with Crippen LogP contribution >= 0.6 is 0 Å². The number of carbonyl (C=O) groups excluding carboxylic acids is 2. The first-order valence-electron chi connectivity index (χ1n) is 12.0. The number of rotatable bonds is 9. The Morgan fingerprint density at radius 1 is 1.14 bits per heavy atom. The van der Waals surface area contributed by atoms with Crippen molar-refractivity contribution >= 4 is 18.0 Å². The summed E-state index contributed by atoms with van der Waals surface area (Å²) in [5.74, 6) is -1.13. The van der Waals surface area contributed by atoms with Crippen LogP contribution in [0.2, 0.25) is 0 Å². The number of benzene rings is 2. The lowest BCUT2D eigenvalue weighted by atomic mass is 9.74. The van der Waals surface area contributed by atoms with Gasteiger partial charge in [-0.3, -0.25) is 9.59 Å². The van der Waals surface area contributed by atoms with Crippen molar-refractivity contribution in [2.75, 3.05) is 26.2 Å². The van der Waals surface area contributed by atoms with E-state index in [0.717, 1.165) is 22.3 Å². The summed E-state index contributed by atoms with van der Waals surface area (Å²) in [6.07, 6.45) is 1.81. The molecular formula is C28H32N2O5. The largest absolute Gasteiger partial charge is 0.481 e. The van der Waals surface area contributed by atoms with E-state index >= 15 is 0 Å². The predicted molar refractivity (Wildman–Crippen MR) is 133 cm³/mol. The summed E-state index contributed by atoms with van der Waals surface area (Å²) < 4.78 is 5.59. The molecule has 1 unspecified atom stereocenters. The number of hydrogen-bond acceptors (Lipinski definition) is 4. The summed E-state index contributed by atoms with van der Waals surface area (Å²) in [6.45, 7) is 7.90. The first-order chi connectivity index (χ1) is 16.7. The number of likely N-dealkylation sites (tertiary alicyclic amines) is 1. The maximum Gasteiger partial charge on any atom is 0.407 e. The average molecular weight is 477 g/mol. The predicted octanol–water partition coefficient (Wildman–Crippen LogP) is 4.43. The highest BCUT2D eigenvalue weighted by Crippen LogP contribution is 2.44. The van der Waals surface area contributed by atoms with Crippen LogP contribution in [0.15, 0.2) is 61.2 Å². The van der Waals surface area contributed by atoms with Crippen LogP contribution in [0.25, 0.3) is 11.1 Å². The molecule has 0 saturated carbocycles. The molecule has 1 aliphatic carbocycles. The Morgan fingerprint density at radius 3 is 2.23 bits per heavy atom. The van der Waals surface area contributed by atoms with E-state index < -0.39 is 22.9 Å². The molecule has 2 aromatic carbocycles. The fraction of sp³-hybridized carbons (Fsp3) is 0.393. The number of aliphatic carboxylic acids is 1. The minimum atomic E-state index is -0.966. The van der Waals surface area contributed by atoms with Crippen LogP contribution in [-0.4, -0.2) is 54.2 Å². The summed E-state index contributed by atoms with van der Waals surface area (Å²) in [6, 6.07) is 16.3. The second kappa shape index (κ2) is 9.56. The zero-order chi connectivity index (χ0) is 25.2. The van der Waals surface area contributed by atoms with E-state index in [-0.39, 0.29) is 38.1 Å². The van der Waals surface area contributed by atoms with Gasteiger partial charge in [0.25, 0.3) is 0 Å². The molecule has 2 N–H and O–H groups in total. The number of hydrogen-bond donors (Lipinski definition) is 2. The van der Waals surface area contributed by atoms with Gasteiger partial charge in [-0.2, -0.15) is 0 Å². The van der Waals surface area contributed by atoms with E-state index in [9.17, 15) is 19.5 Å². The molecule has 1 saturated heterocycles. The number of fused-ring (bicyclic) bond motifs is 3. The Labute approximate surface area is 205 Å². The molecule has 1 fully saturated rings. The first kappa shape index (κ1) is 24.5. The number of nitrogens with zero attached hydrogens (tertiary/aromatic N) is 1. The van der Waals surface area contributed by atoms with Crippen molar-refractivity contribution in [3.63, 3.8) is 0 Å². The Morgan fingerprint density at radius 2 is 1.71 bits per heavy atom. The number of amides is 2. The standard InChI is InChI=1S/C28H32N2O5/c1-4-14-28(25(32)33)17-30(18-28)24(31)27(3,5-2)16-29-26(34)35-15-23-21-12-8-6-10-19(21)20-11-7-9-13-22(20)23/h4,6-13,23H,1,5,14-18H2,2-3H3,(H,29,34)(H,32,33). The smallest absolute Gasteiger partial charge is 0.407 e. The number of ether oxygens (including phenoxy) is 1. The van der Waals surface area contributed by atoms with Gasteiger partial charge in [-0.1, -0.05) is 61.5 Å². The quantitative estimate of drug-likeness (QED) is 0.522. The minimum Gasteiger partial charge on any atom is -0.481 e. The monoisotopic (exact) mass is 476 g/mol. The molecule has 184 valence electrons. The lowest BCUT2D eigenvalue weighted by molar-refractivity contribution is -0.169. The molecule has 4 rings (SSSR count). The number of nitrogens with one attached hydrogen (secondary N) is 1. The third-order valence-electron chi connectivity index (χ3n) is 7.53. The van der Waals surface area contributed by atoms with Crippen molar-refractivity contribution < 1.29 is 24.2 Å². The molecule has 0 spiro atoms. The second-order valence-electron chi connectivity index (χ2n) is 9.83. The average Bonchev–Trinajstić information content (AvgIpc) is 3.16. The maximum atomic E-state index is 13.2. The van der Waals surface area contributed by atoms with Gasteiger partial charge in [0.15, 0.2) is 0 Å². The van der Waals surface area contributed by atoms with Gasteiger partial charge in [-0.15, -0.1) is 6.58 Å². The summed E-state index contributed by atoms with van der Waals surface area (Å²) in [7, 11) is 0. The SMILES string of the molecule is C=CCC1(C(=O)O)CN(C(=O)C(C)(CC)CNC(=O)OCC2c3ccccc3-c3ccccc32)C1. The van der Waals surface area contributed by atoms with Gasteiger partial charge in [0.2, 0.25) is 5.91 Å². The van der Waals surface area contributed by atoms with Crippen molar-refractivity contribution in [1.82, 2.24) is 10.2 Å². The van der Waals surface area contributed by atoms with Crippen LogP contribution in [0.5, 0.6) is 0 Å². The van der Waals surface area contributed by atoms with E-state index in [2.05, 4.69) is 36.2 Å². The fourth-order valence-electron chi connectivity index (χ4n) is 5.11. The van der Waals surface area contributed by atoms with Crippen LogP contribution in [0.4, 0.5) is 4.79 Å². The van der Waals surface area contributed by atoms with Crippen molar-refractivity contribution in [3.8, 4) is 11.1 Å². The normalized spacial score (nSPS) is 17.4. The molecule has 0 bridgehead atoms. The van der Waals surface area contributed by atoms with Crippen LogP contribution < -0.4 is 5.32 Å². The van der Waals surface area contributed by atoms with Gasteiger partial charge in [0, 0.05) is 25.6 Å². The van der Waals surface area contributed by atoms with Gasteiger partial charge >= 0.3 is 12.1 Å². The molecular weight excluding hydrogens is 444 g/mol. The Hall–Kier alpha value is -3.61. The Balaban J connectivity index is 1.35. The van der Waals surface area contributed by atoms with Crippen molar-refractivity contribution in [1.29, 1.82) is 0 Å². The summed E-state index contributed by atoms with van der Waals surface area (Å²) >= 11 is 0. The summed E-state index contributed by atoms with van der Waals surface area (Å²) in [5, 5.41) is 12.3. The van der Waals surface area contributed by atoms with Gasteiger partial charge in [-0.25, -0.2) is 4.79 Å². The first-order valence-corrected chi connectivity index (χ1v) is 12.0. The number of allylic oxidation sites excluding steroid dienone is 1. The Kier molecular flexibility index (Phi) is 6.70. The summed E-state index contributed by atoms with van der Waals surface area (Å²) in [4.78, 5) is 39.0. The number of carboxylic acid groups (broad SMARTS) is 1. The zero-order valence-electron chi connectivity index (χ0n) is 20.3. The van der Waals surface area contributed by atoms with Crippen LogP contribution in [-0.2, 0) is 14.3 Å². The third kappa shape index (κ3) is 4.43. The number of carboxylic acids is 1. The molecule has 2 aromatic rings. The van der Waals surface area contributed by atoms with Crippen molar-refractivity contribution in [3.05, 3.63) is 72.3 Å². The Bertz CT molecular complexity index is 1110. The van der Waals surface area contributed by atoms with E-state index in [1.807, 2.05) is 31.2 Å². The van der Waals surface area contributed by atoms with Crippen molar-refractivity contribution in [2.45, 2.75) is 32.6 Å². The lowest BCUT2D eigenvalue weighted by Gasteiger charge is -2.49. The topological polar surface area (TPSA) is 95.9 Å². The van der Waals surface area contributed by atoms with Gasteiger partial charge in [-0.05, 0) is 42.0 Å². The van der Waals surface area contributed by atoms with Gasteiger partial charge < -0.3 is 20.1 Å². The molecule has 35 heavy (non-hydrogen) atoms. The number of carbonyl (C=O) groups is 3. The highest BCUT2D eigenvalue weighted by molar-refractivity contribution is 5.87. The van der Waals surface area contributed by atoms with E-state index in [1.54, 1.807) is 17.9 Å². The molecule has 7 nitrogen and oxygen atoms in total. The van der Waals surface area contributed by atoms with Crippen LogP contribution in [0, 0.1) is 10.8 Å². The molecule has 1 aliphatic heterocycles.